The van der Waals surface area contributed by atoms with Gasteiger partial charge in [0.15, 0.2) is 12.4 Å². The minimum atomic E-state index is -3.14. The highest BCUT2D eigenvalue weighted by atomic mass is 32.2. The molecule has 0 unspecified atom stereocenters. The van der Waals surface area contributed by atoms with Crippen molar-refractivity contribution in [2.75, 3.05) is 11.0 Å². The number of sulfonamides is 1. The second-order valence-electron chi connectivity index (χ2n) is 2.16. The van der Waals surface area contributed by atoms with E-state index in [0.717, 1.165) is 6.26 Å². The van der Waals surface area contributed by atoms with E-state index in [0.29, 0.717) is 5.69 Å². The molecule has 1 heterocycles. The van der Waals surface area contributed by atoms with Gasteiger partial charge >= 0.3 is 0 Å². The number of hydrogen-bond donors (Lipinski definition) is 1. The van der Waals surface area contributed by atoms with Gasteiger partial charge in [0.25, 0.3) is 0 Å². The molecule has 0 aliphatic carbocycles. The van der Waals surface area contributed by atoms with E-state index < -0.39 is 10.0 Å². The Kier molecular flexibility index (Phi) is 2.09. The van der Waals surface area contributed by atoms with Crippen molar-refractivity contribution in [2.24, 2.45) is 0 Å². The molecule has 2 N–H and O–H groups in total. The summed E-state index contributed by atoms with van der Waals surface area (Å²) in [7, 11) is -3.14. The molecule has 0 fully saturated rings. The first-order valence-corrected chi connectivity index (χ1v) is 4.91. The summed E-state index contributed by atoms with van der Waals surface area (Å²) >= 11 is 0. The Morgan fingerprint density at radius 3 is 2.36 bits per heavy atom. The number of H-pyrrole nitrogens is 1. The third-order valence-corrected chi connectivity index (χ3v) is 1.63. The summed E-state index contributed by atoms with van der Waals surface area (Å²) in [5.74, 6) is 0. The largest absolute Gasteiger partial charge is 0.283 e. The van der Waals surface area contributed by atoms with E-state index in [1.165, 1.54) is 0 Å². The molecule has 60 valence electrons. The van der Waals surface area contributed by atoms with Gasteiger partial charge in [0.1, 0.15) is 0 Å². The van der Waals surface area contributed by atoms with E-state index in [1.807, 2.05) is 0 Å². The van der Waals surface area contributed by atoms with Crippen molar-refractivity contribution in [3.8, 4) is 0 Å². The van der Waals surface area contributed by atoms with Crippen molar-refractivity contribution in [3.05, 3.63) is 24.5 Å². The molecule has 0 atom stereocenters. The van der Waals surface area contributed by atoms with Crippen LogP contribution in [0.3, 0.4) is 0 Å². The van der Waals surface area contributed by atoms with E-state index in [4.69, 9.17) is 0 Å². The molecule has 0 aliphatic heterocycles. The fourth-order valence-corrected chi connectivity index (χ4v) is 1.23. The second-order valence-corrected chi connectivity index (χ2v) is 3.91. The maximum absolute atomic E-state index is 10.7. The summed E-state index contributed by atoms with van der Waals surface area (Å²) in [6, 6.07) is 3.28. The fourth-order valence-electron chi connectivity index (χ4n) is 0.669. The Bertz CT molecular complexity index is 320. The van der Waals surface area contributed by atoms with E-state index in [-0.39, 0.29) is 0 Å². The van der Waals surface area contributed by atoms with Crippen molar-refractivity contribution >= 4 is 15.7 Å². The third-order valence-electron chi connectivity index (χ3n) is 1.02. The van der Waals surface area contributed by atoms with Crippen LogP contribution in [0.1, 0.15) is 0 Å². The summed E-state index contributed by atoms with van der Waals surface area (Å²) < 4.78 is 23.7. The SMILES string of the molecule is CS(=O)(=O)Nc1cc[nH+]cc1. The average Bonchev–Trinajstić information content (AvgIpc) is 1.85. The molecule has 1 rings (SSSR count). The number of pyridine rings is 1. The lowest BCUT2D eigenvalue weighted by Crippen LogP contribution is -2.10. The van der Waals surface area contributed by atoms with Crippen LogP contribution in [0.2, 0.25) is 0 Å². The van der Waals surface area contributed by atoms with Gasteiger partial charge in [-0.2, -0.15) is 0 Å². The Balaban J connectivity index is 2.82. The smallest absolute Gasteiger partial charge is 0.229 e. The Labute approximate surface area is 65.3 Å². The number of aromatic nitrogens is 1. The number of aromatic amines is 1. The molecule has 11 heavy (non-hydrogen) atoms. The second kappa shape index (κ2) is 2.87. The maximum Gasteiger partial charge on any atom is 0.229 e. The first-order valence-electron chi connectivity index (χ1n) is 3.02. The van der Waals surface area contributed by atoms with Crippen molar-refractivity contribution in [1.82, 2.24) is 0 Å². The van der Waals surface area contributed by atoms with Gasteiger partial charge in [-0.15, -0.1) is 0 Å². The van der Waals surface area contributed by atoms with Gasteiger partial charge in [0.2, 0.25) is 10.0 Å². The van der Waals surface area contributed by atoms with Gasteiger partial charge in [-0.25, -0.2) is 13.4 Å². The summed E-state index contributed by atoms with van der Waals surface area (Å²) in [5, 5.41) is 0. The normalized spacial score (nSPS) is 11.0. The van der Waals surface area contributed by atoms with Crippen LogP contribution >= 0.6 is 0 Å². The molecule has 0 aromatic carbocycles. The van der Waals surface area contributed by atoms with Gasteiger partial charge in [0, 0.05) is 12.1 Å². The molecule has 5 heteroatoms. The molecule has 4 nitrogen and oxygen atoms in total. The minimum absolute atomic E-state index is 0.561. The quantitative estimate of drug-likeness (QED) is 0.677. The Morgan fingerprint density at radius 2 is 1.91 bits per heavy atom. The Hall–Kier alpha value is -1.10. The molecule has 0 saturated carbocycles. The highest BCUT2D eigenvalue weighted by Crippen LogP contribution is 2.02. The average molecular weight is 173 g/mol. The standard InChI is InChI=1S/C6H8N2O2S/c1-11(9,10)8-6-2-4-7-5-3-6/h2-5H,1H3,(H,7,8)/p+1. The van der Waals surface area contributed by atoms with Crippen LogP contribution in [0.5, 0.6) is 0 Å². The van der Waals surface area contributed by atoms with Gasteiger partial charge in [-0.1, -0.05) is 0 Å². The molecule has 0 bridgehead atoms. The number of hydrogen-bond acceptors (Lipinski definition) is 2. The van der Waals surface area contributed by atoms with Crippen LogP contribution in [-0.4, -0.2) is 14.7 Å². The van der Waals surface area contributed by atoms with Crippen molar-refractivity contribution in [3.63, 3.8) is 0 Å². The molecule has 0 saturated heterocycles. The Morgan fingerprint density at radius 1 is 1.36 bits per heavy atom. The topological polar surface area (TPSA) is 60.3 Å². The van der Waals surface area contributed by atoms with E-state index in [9.17, 15) is 8.42 Å². The predicted molar refractivity (Wildman–Crippen MR) is 41.5 cm³/mol. The molecule has 1 aromatic heterocycles. The van der Waals surface area contributed by atoms with Gasteiger partial charge in [0.05, 0.1) is 11.9 Å². The number of anilines is 1. The van der Waals surface area contributed by atoms with Crippen LogP contribution in [0.4, 0.5) is 5.69 Å². The van der Waals surface area contributed by atoms with E-state index in [1.54, 1.807) is 24.5 Å². The van der Waals surface area contributed by atoms with Crippen LogP contribution < -0.4 is 9.71 Å². The van der Waals surface area contributed by atoms with Crippen molar-refractivity contribution < 1.29 is 13.4 Å². The monoisotopic (exact) mass is 173 g/mol. The summed E-state index contributed by atoms with van der Waals surface area (Å²) in [5.41, 5.74) is 0.561. The highest BCUT2D eigenvalue weighted by Gasteiger charge is 2.00. The molecule has 0 radical (unpaired) electrons. The van der Waals surface area contributed by atoms with E-state index in [2.05, 4.69) is 9.71 Å². The zero-order chi connectivity index (χ0) is 8.32. The van der Waals surface area contributed by atoms with Gasteiger partial charge in [-0.3, -0.25) is 4.72 Å². The molecular weight excluding hydrogens is 164 g/mol. The van der Waals surface area contributed by atoms with Crippen LogP contribution in [0.15, 0.2) is 24.5 Å². The zero-order valence-corrected chi connectivity index (χ0v) is 6.85. The summed E-state index contributed by atoms with van der Waals surface area (Å²) in [6.07, 6.45) is 4.41. The summed E-state index contributed by atoms with van der Waals surface area (Å²) in [4.78, 5) is 2.78. The molecule has 0 aliphatic rings. The lowest BCUT2D eigenvalue weighted by atomic mass is 10.4. The molecule has 0 spiro atoms. The number of nitrogens with one attached hydrogen (secondary N) is 2. The third kappa shape index (κ3) is 2.99. The first-order chi connectivity index (χ1) is 5.08. The molecule has 0 amide bonds. The zero-order valence-electron chi connectivity index (χ0n) is 6.03. The lowest BCUT2D eigenvalue weighted by molar-refractivity contribution is -0.377. The summed E-state index contributed by atoms with van der Waals surface area (Å²) in [6.45, 7) is 0. The number of rotatable bonds is 2. The highest BCUT2D eigenvalue weighted by molar-refractivity contribution is 7.92. The van der Waals surface area contributed by atoms with Crippen LogP contribution in [0, 0.1) is 0 Å². The van der Waals surface area contributed by atoms with Crippen LogP contribution in [-0.2, 0) is 10.0 Å². The molecule has 1 aromatic rings. The van der Waals surface area contributed by atoms with E-state index >= 15 is 0 Å². The first kappa shape index (κ1) is 8.00. The van der Waals surface area contributed by atoms with Crippen LogP contribution in [0.25, 0.3) is 0 Å². The predicted octanol–water partition coefficient (Wildman–Crippen LogP) is -0.128. The molecular formula is C6H9N2O2S+. The van der Waals surface area contributed by atoms with Crippen molar-refractivity contribution in [1.29, 1.82) is 0 Å². The fraction of sp³-hybridized carbons (Fsp3) is 0.167. The minimum Gasteiger partial charge on any atom is -0.283 e. The van der Waals surface area contributed by atoms with Gasteiger partial charge < -0.3 is 0 Å². The van der Waals surface area contributed by atoms with Gasteiger partial charge in [-0.05, 0) is 0 Å². The lowest BCUT2D eigenvalue weighted by Gasteiger charge is -1.99. The maximum atomic E-state index is 10.7. The van der Waals surface area contributed by atoms with Crippen molar-refractivity contribution in [2.45, 2.75) is 0 Å².